The highest BCUT2D eigenvalue weighted by atomic mass is 16.5. The summed E-state index contributed by atoms with van der Waals surface area (Å²) < 4.78 is 11.1. The van der Waals surface area contributed by atoms with Gasteiger partial charge in [-0.2, -0.15) is 0 Å². The molecule has 4 rings (SSSR count). The van der Waals surface area contributed by atoms with E-state index in [1.54, 1.807) is 0 Å². The van der Waals surface area contributed by atoms with Gasteiger partial charge in [-0.15, -0.1) is 0 Å². The Balaban J connectivity index is 1.55. The lowest BCUT2D eigenvalue weighted by molar-refractivity contribution is -0.131. The van der Waals surface area contributed by atoms with Gasteiger partial charge >= 0.3 is 0 Å². The molecule has 6 nitrogen and oxygen atoms in total. The Bertz CT molecular complexity index is 939. The zero-order valence-corrected chi connectivity index (χ0v) is 15.9. The summed E-state index contributed by atoms with van der Waals surface area (Å²) in [6.07, 6.45) is 2.15. The molecule has 0 saturated carbocycles. The Labute approximate surface area is 158 Å². The second-order valence-electron chi connectivity index (χ2n) is 7.05. The first-order chi connectivity index (χ1) is 13.0. The Morgan fingerprint density at radius 3 is 2.67 bits per heavy atom. The number of carbonyl (C=O) groups is 1. The molecule has 1 saturated heterocycles. The maximum atomic E-state index is 13.0. The average molecular weight is 365 g/mol. The minimum atomic E-state index is 0.0320. The van der Waals surface area contributed by atoms with Crippen LogP contribution in [0.25, 0.3) is 11.5 Å². The minimum Gasteiger partial charge on any atom is -0.441 e. The molecule has 3 heterocycles. The van der Waals surface area contributed by atoms with E-state index in [4.69, 9.17) is 8.94 Å². The molecule has 1 fully saturated rings. The van der Waals surface area contributed by atoms with E-state index < -0.39 is 0 Å². The van der Waals surface area contributed by atoms with Crippen molar-refractivity contribution < 1.29 is 13.7 Å². The number of hydrogen-bond acceptors (Lipinski definition) is 5. The third-order valence-corrected chi connectivity index (χ3v) is 5.23. The number of likely N-dealkylation sites (tertiary alicyclic amines) is 1. The molecule has 140 valence electrons. The van der Waals surface area contributed by atoms with Gasteiger partial charge in [-0.05, 0) is 45.7 Å². The first-order valence-corrected chi connectivity index (χ1v) is 9.28. The number of hydrogen-bond donors (Lipinski definition) is 0. The van der Waals surface area contributed by atoms with Crippen LogP contribution in [0.2, 0.25) is 0 Å². The number of aromatic nitrogens is 2. The number of benzene rings is 1. The Kier molecular flexibility index (Phi) is 4.56. The maximum absolute atomic E-state index is 13.0. The summed E-state index contributed by atoms with van der Waals surface area (Å²) in [5.41, 5.74) is 3.52. The number of oxazole rings is 1. The summed E-state index contributed by atoms with van der Waals surface area (Å²) in [5, 5.41) is 4.05. The standard InChI is InChI=1S/C21H23N3O3/c1-13-20(15(3)27-23-13)18-10-7-11-24(18)19(25)12-17-14(2)26-21(22-17)16-8-5-4-6-9-16/h4-6,8-9,18H,7,10-12H2,1-3H3/t18-/m1/s1. The van der Waals surface area contributed by atoms with Crippen LogP contribution in [-0.2, 0) is 11.2 Å². The van der Waals surface area contributed by atoms with E-state index in [9.17, 15) is 4.79 Å². The molecule has 2 aromatic heterocycles. The molecule has 0 N–H and O–H groups in total. The van der Waals surface area contributed by atoms with Crippen LogP contribution in [0.3, 0.4) is 0 Å². The van der Waals surface area contributed by atoms with Crippen LogP contribution >= 0.6 is 0 Å². The van der Waals surface area contributed by atoms with E-state index in [-0.39, 0.29) is 18.4 Å². The lowest BCUT2D eigenvalue weighted by atomic mass is 10.0. The van der Waals surface area contributed by atoms with E-state index in [0.29, 0.717) is 17.3 Å². The summed E-state index contributed by atoms with van der Waals surface area (Å²) in [5.74, 6) is 2.10. The summed E-state index contributed by atoms with van der Waals surface area (Å²) in [6, 6.07) is 9.77. The van der Waals surface area contributed by atoms with Crippen LogP contribution in [0, 0.1) is 20.8 Å². The molecule has 0 aliphatic carbocycles. The fourth-order valence-corrected chi connectivity index (χ4v) is 3.87. The van der Waals surface area contributed by atoms with Crippen LogP contribution in [0.1, 0.15) is 47.4 Å². The molecule has 27 heavy (non-hydrogen) atoms. The summed E-state index contributed by atoms with van der Waals surface area (Å²) >= 11 is 0. The van der Waals surface area contributed by atoms with Crippen LogP contribution in [0.5, 0.6) is 0 Å². The van der Waals surface area contributed by atoms with Crippen molar-refractivity contribution in [2.24, 2.45) is 0 Å². The van der Waals surface area contributed by atoms with Gasteiger partial charge in [-0.3, -0.25) is 4.79 Å². The molecular weight excluding hydrogens is 342 g/mol. The first kappa shape index (κ1) is 17.5. The molecule has 6 heteroatoms. The summed E-state index contributed by atoms with van der Waals surface area (Å²) in [6.45, 7) is 6.44. The summed E-state index contributed by atoms with van der Waals surface area (Å²) in [7, 11) is 0. The molecule has 1 aliphatic rings. The Hall–Kier alpha value is -2.89. The smallest absolute Gasteiger partial charge is 0.229 e. The molecule has 1 aliphatic heterocycles. The van der Waals surface area contributed by atoms with Crippen molar-refractivity contribution in [2.45, 2.75) is 46.1 Å². The van der Waals surface area contributed by atoms with Gasteiger partial charge in [0.2, 0.25) is 11.8 Å². The normalized spacial score (nSPS) is 16.9. The van der Waals surface area contributed by atoms with Crippen molar-refractivity contribution in [2.75, 3.05) is 6.54 Å². The molecule has 1 atom stereocenters. The molecule has 0 unspecified atom stereocenters. The number of rotatable bonds is 4. The van der Waals surface area contributed by atoms with Crippen molar-refractivity contribution in [3.63, 3.8) is 0 Å². The number of aryl methyl sites for hydroxylation is 3. The first-order valence-electron chi connectivity index (χ1n) is 9.28. The highest BCUT2D eigenvalue weighted by Crippen LogP contribution is 2.36. The quantitative estimate of drug-likeness (QED) is 0.694. The molecular formula is C21H23N3O3. The van der Waals surface area contributed by atoms with Crippen LogP contribution < -0.4 is 0 Å². The average Bonchev–Trinajstić information content (AvgIpc) is 3.36. The van der Waals surface area contributed by atoms with Gasteiger partial charge in [0.25, 0.3) is 0 Å². The molecule has 1 amide bonds. The van der Waals surface area contributed by atoms with Crippen molar-refractivity contribution >= 4 is 5.91 Å². The second kappa shape index (κ2) is 7.02. The maximum Gasteiger partial charge on any atom is 0.229 e. The lowest BCUT2D eigenvalue weighted by Gasteiger charge is -2.24. The van der Waals surface area contributed by atoms with Gasteiger partial charge in [0.1, 0.15) is 11.5 Å². The van der Waals surface area contributed by atoms with E-state index >= 15 is 0 Å². The zero-order chi connectivity index (χ0) is 19.0. The molecule has 0 spiro atoms. The van der Waals surface area contributed by atoms with Gasteiger partial charge in [-0.25, -0.2) is 4.98 Å². The summed E-state index contributed by atoms with van der Waals surface area (Å²) in [4.78, 5) is 19.5. The predicted molar refractivity (Wildman–Crippen MR) is 100 cm³/mol. The zero-order valence-electron chi connectivity index (χ0n) is 15.9. The van der Waals surface area contributed by atoms with E-state index in [2.05, 4.69) is 10.1 Å². The molecule has 0 bridgehead atoms. The fraction of sp³-hybridized carbons (Fsp3) is 0.381. The Morgan fingerprint density at radius 2 is 1.96 bits per heavy atom. The van der Waals surface area contributed by atoms with Gasteiger partial charge < -0.3 is 13.8 Å². The third kappa shape index (κ3) is 3.27. The van der Waals surface area contributed by atoms with Gasteiger partial charge in [-0.1, -0.05) is 23.4 Å². The van der Waals surface area contributed by atoms with Crippen molar-refractivity contribution in [3.8, 4) is 11.5 Å². The number of carbonyl (C=O) groups excluding carboxylic acids is 1. The number of nitrogens with zero attached hydrogens (tertiary/aromatic N) is 3. The van der Waals surface area contributed by atoms with E-state index in [1.807, 2.05) is 56.0 Å². The minimum absolute atomic E-state index is 0.0320. The van der Waals surface area contributed by atoms with Crippen LogP contribution in [-0.4, -0.2) is 27.5 Å². The van der Waals surface area contributed by atoms with Crippen molar-refractivity contribution in [1.82, 2.24) is 15.0 Å². The molecule has 3 aromatic rings. The van der Waals surface area contributed by atoms with Gasteiger partial charge in [0.05, 0.1) is 23.9 Å². The van der Waals surface area contributed by atoms with Gasteiger partial charge in [0, 0.05) is 17.7 Å². The van der Waals surface area contributed by atoms with Crippen LogP contribution in [0.15, 0.2) is 39.3 Å². The SMILES string of the molecule is Cc1noc(C)c1[C@H]1CCCN1C(=O)Cc1nc(-c2ccccc2)oc1C. The Morgan fingerprint density at radius 1 is 1.19 bits per heavy atom. The topological polar surface area (TPSA) is 72.4 Å². The van der Waals surface area contributed by atoms with Gasteiger partial charge in [0.15, 0.2) is 0 Å². The highest BCUT2D eigenvalue weighted by Gasteiger charge is 2.34. The predicted octanol–water partition coefficient (Wildman–Crippen LogP) is 4.16. The molecule has 1 aromatic carbocycles. The van der Waals surface area contributed by atoms with E-state index in [1.165, 1.54) is 0 Å². The molecule has 0 radical (unpaired) electrons. The lowest BCUT2D eigenvalue weighted by Crippen LogP contribution is -2.32. The van der Waals surface area contributed by atoms with Crippen molar-refractivity contribution in [3.05, 3.63) is 58.8 Å². The second-order valence-corrected chi connectivity index (χ2v) is 7.05. The van der Waals surface area contributed by atoms with Crippen molar-refractivity contribution in [1.29, 1.82) is 0 Å². The highest BCUT2D eigenvalue weighted by molar-refractivity contribution is 5.79. The largest absolute Gasteiger partial charge is 0.441 e. The fourth-order valence-electron chi connectivity index (χ4n) is 3.87. The monoisotopic (exact) mass is 365 g/mol. The van der Waals surface area contributed by atoms with Crippen LogP contribution in [0.4, 0.5) is 0 Å². The van der Waals surface area contributed by atoms with E-state index in [0.717, 1.165) is 42.0 Å². The number of amides is 1. The third-order valence-electron chi connectivity index (χ3n) is 5.23.